The standard InChI is InChI=1S/C10H17N3O/c1-8(11)10-4-12-13(6-10)5-9-2-3-14-7-9/h4,6,8-9H,2-3,5,7,11H2,1H3/t8-,9+/m1/s1. The lowest BCUT2D eigenvalue weighted by atomic mass is 10.1. The van der Waals surface area contributed by atoms with Crippen LogP contribution in [-0.4, -0.2) is 23.0 Å². The summed E-state index contributed by atoms with van der Waals surface area (Å²) in [6, 6.07) is 0.0728. The van der Waals surface area contributed by atoms with Gasteiger partial charge in [0.05, 0.1) is 12.8 Å². The molecule has 0 aliphatic carbocycles. The van der Waals surface area contributed by atoms with Gasteiger partial charge in [0.1, 0.15) is 0 Å². The average Bonchev–Trinajstić information content (AvgIpc) is 2.75. The van der Waals surface area contributed by atoms with E-state index in [9.17, 15) is 0 Å². The van der Waals surface area contributed by atoms with Gasteiger partial charge in [-0.05, 0) is 13.3 Å². The highest BCUT2D eigenvalue weighted by Gasteiger charge is 2.16. The summed E-state index contributed by atoms with van der Waals surface area (Å²) in [6.45, 7) is 4.69. The number of nitrogens with zero attached hydrogens (tertiary/aromatic N) is 2. The Hall–Kier alpha value is -0.870. The molecule has 0 bridgehead atoms. The Morgan fingerprint density at radius 2 is 2.64 bits per heavy atom. The van der Waals surface area contributed by atoms with E-state index in [2.05, 4.69) is 5.10 Å². The first-order valence-corrected chi connectivity index (χ1v) is 5.11. The van der Waals surface area contributed by atoms with Crippen molar-refractivity contribution in [3.8, 4) is 0 Å². The predicted molar refractivity (Wildman–Crippen MR) is 53.8 cm³/mol. The molecule has 4 heteroatoms. The Morgan fingerprint density at radius 3 is 3.21 bits per heavy atom. The molecule has 0 aromatic carbocycles. The Kier molecular flexibility index (Phi) is 2.84. The first-order valence-electron chi connectivity index (χ1n) is 5.11. The number of nitrogens with two attached hydrogens (primary N) is 1. The van der Waals surface area contributed by atoms with Crippen molar-refractivity contribution in [2.75, 3.05) is 13.2 Å². The number of rotatable bonds is 3. The summed E-state index contributed by atoms with van der Waals surface area (Å²) in [5.74, 6) is 0.621. The summed E-state index contributed by atoms with van der Waals surface area (Å²) in [4.78, 5) is 0. The lowest BCUT2D eigenvalue weighted by Crippen LogP contribution is -2.11. The van der Waals surface area contributed by atoms with Gasteiger partial charge in [-0.25, -0.2) is 0 Å². The predicted octanol–water partition coefficient (Wildman–Crippen LogP) is 0.939. The van der Waals surface area contributed by atoms with Crippen molar-refractivity contribution in [1.29, 1.82) is 0 Å². The minimum Gasteiger partial charge on any atom is -0.381 e. The maximum atomic E-state index is 5.76. The summed E-state index contributed by atoms with van der Waals surface area (Å²) >= 11 is 0. The van der Waals surface area contributed by atoms with Gasteiger partial charge in [0.15, 0.2) is 0 Å². The Balaban J connectivity index is 1.95. The van der Waals surface area contributed by atoms with Crippen LogP contribution in [-0.2, 0) is 11.3 Å². The maximum absolute atomic E-state index is 5.76. The van der Waals surface area contributed by atoms with Crippen LogP contribution in [0.4, 0.5) is 0 Å². The van der Waals surface area contributed by atoms with E-state index < -0.39 is 0 Å². The summed E-state index contributed by atoms with van der Waals surface area (Å²) in [5, 5.41) is 4.28. The fraction of sp³-hybridized carbons (Fsp3) is 0.700. The summed E-state index contributed by atoms with van der Waals surface area (Å²) in [7, 11) is 0. The molecular formula is C10H17N3O. The number of aromatic nitrogens is 2. The van der Waals surface area contributed by atoms with Gasteiger partial charge in [-0.3, -0.25) is 4.68 Å². The molecular weight excluding hydrogens is 178 g/mol. The molecule has 78 valence electrons. The van der Waals surface area contributed by atoms with Crippen molar-refractivity contribution in [2.45, 2.75) is 25.9 Å². The molecule has 0 spiro atoms. The SMILES string of the molecule is C[C@@H](N)c1cnn(C[C@@H]2CCOC2)c1. The minimum atomic E-state index is 0.0728. The smallest absolute Gasteiger partial charge is 0.0537 e. The minimum absolute atomic E-state index is 0.0728. The van der Waals surface area contributed by atoms with E-state index in [4.69, 9.17) is 10.5 Å². The van der Waals surface area contributed by atoms with Gasteiger partial charge >= 0.3 is 0 Å². The summed E-state index contributed by atoms with van der Waals surface area (Å²) in [5.41, 5.74) is 6.86. The molecule has 1 fully saturated rings. The van der Waals surface area contributed by atoms with Gasteiger partial charge in [0, 0.05) is 36.9 Å². The van der Waals surface area contributed by atoms with Crippen molar-refractivity contribution < 1.29 is 4.74 Å². The van der Waals surface area contributed by atoms with Crippen LogP contribution >= 0.6 is 0 Å². The Bertz CT molecular complexity index is 289. The molecule has 2 rings (SSSR count). The lowest BCUT2D eigenvalue weighted by molar-refractivity contribution is 0.181. The molecule has 14 heavy (non-hydrogen) atoms. The van der Waals surface area contributed by atoms with Crippen molar-refractivity contribution in [3.63, 3.8) is 0 Å². The molecule has 0 unspecified atom stereocenters. The molecule has 4 nitrogen and oxygen atoms in total. The van der Waals surface area contributed by atoms with Crippen LogP contribution in [0.3, 0.4) is 0 Å². The van der Waals surface area contributed by atoms with E-state index >= 15 is 0 Å². The van der Waals surface area contributed by atoms with Crippen LogP contribution in [0.1, 0.15) is 24.9 Å². The molecule has 1 aliphatic rings. The van der Waals surface area contributed by atoms with Gasteiger partial charge in [-0.2, -0.15) is 5.10 Å². The lowest BCUT2D eigenvalue weighted by Gasteiger charge is -2.06. The maximum Gasteiger partial charge on any atom is 0.0537 e. The molecule has 0 amide bonds. The van der Waals surface area contributed by atoms with E-state index in [1.54, 1.807) is 0 Å². The van der Waals surface area contributed by atoms with Gasteiger partial charge in [0.25, 0.3) is 0 Å². The topological polar surface area (TPSA) is 53.1 Å². The summed E-state index contributed by atoms with van der Waals surface area (Å²) < 4.78 is 7.29. The Morgan fingerprint density at radius 1 is 1.79 bits per heavy atom. The molecule has 0 radical (unpaired) electrons. The van der Waals surface area contributed by atoms with Gasteiger partial charge < -0.3 is 10.5 Å². The molecule has 1 aliphatic heterocycles. The highest BCUT2D eigenvalue weighted by Crippen LogP contribution is 2.15. The first-order chi connectivity index (χ1) is 6.75. The molecule has 2 atom stereocenters. The second kappa shape index (κ2) is 4.11. The Labute approximate surface area is 84.0 Å². The van der Waals surface area contributed by atoms with Crippen LogP contribution in [0.2, 0.25) is 0 Å². The fourth-order valence-electron chi connectivity index (χ4n) is 1.71. The average molecular weight is 195 g/mol. The van der Waals surface area contributed by atoms with Gasteiger partial charge in [-0.15, -0.1) is 0 Å². The molecule has 2 N–H and O–H groups in total. The van der Waals surface area contributed by atoms with Crippen molar-refractivity contribution in [3.05, 3.63) is 18.0 Å². The third-order valence-electron chi connectivity index (χ3n) is 2.65. The largest absolute Gasteiger partial charge is 0.381 e. The van der Waals surface area contributed by atoms with Crippen molar-refractivity contribution in [2.24, 2.45) is 11.7 Å². The van der Waals surface area contributed by atoms with E-state index in [1.165, 1.54) is 0 Å². The van der Waals surface area contributed by atoms with Gasteiger partial charge in [-0.1, -0.05) is 0 Å². The molecule has 1 saturated heterocycles. The van der Waals surface area contributed by atoms with Crippen LogP contribution in [0, 0.1) is 5.92 Å². The molecule has 1 aromatic rings. The highest BCUT2D eigenvalue weighted by molar-refractivity contribution is 5.08. The number of ether oxygens (including phenoxy) is 1. The molecule has 1 aromatic heterocycles. The molecule has 2 heterocycles. The van der Waals surface area contributed by atoms with E-state index in [0.29, 0.717) is 5.92 Å². The summed E-state index contributed by atoms with van der Waals surface area (Å²) in [6.07, 6.45) is 5.02. The first kappa shape index (κ1) is 9.68. The third-order valence-corrected chi connectivity index (χ3v) is 2.65. The van der Waals surface area contributed by atoms with Gasteiger partial charge in [0.2, 0.25) is 0 Å². The van der Waals surface area contributed by atoms with Crippen LogP contribution in [0.15, 0.2) is 12.4 Å². The second-order valence-electron chi connectivity index (χ2n) is 4.01. The zero-order chi connectivity index (χ0) is 9.97. The zero-order valence-electron chi connectivity index (χ0n) is 8.52. The van der Waals surface area contributed by atoms with Crippen molar-refractivity contribution in [1.82, 2.24) is 9.78 Å². The fourth-order valence-corrected chi connectivity index (χ4v) is 1.71. The van der Waals surface area contributed by atoms with E-state index in [0.717, 1.165) is 31.7 Å². The number of hydrogen-bond donors (Lipinski definition) is 1. The van der Waals surface area contributed by atoms with Crippen LogP contribution < -0.4 is 5.73 Å². The van der Waals surface area contributed by atoms with Crippen LogP contribution in [0.5, 0.6) is 0 Å². The number of hydrogen-bond acceptors (Lipinski definition) is 3. The third kappa shape index (κ3) is 2.13. The van der Waals surface area contributed by atoms with E-state index in [-0.39, 0.29) is 6.04 Å². The molecule has 0 saturated carbocycles. The van der Waals surface area contributed by atoms with E-state index in [1.807, 2.05) is 24.0 Å². The monoisotopic (exact) mass is 195 g/mol. The zero-order valence-corrected chi connectivity index (χ0v) is 8.52. The highest BCUT2D eigenvalue weighted by atomic mass is 16.5. The normalized spacial score (nSPS) is 24.0. The van der Waals surface area contributed by atoms with Crippen molar-refractivity contribution >= 4 is 0 Å². The van der Waals surface area contributed by atoms with Crippen LogP contribution in [0.25, 0.3) is 0 Å². The second-order valence-corrected chi connectivity index (χ2v) is 4.01. The quantitative estimate of drug-likeness (QED) is 0.781.